The minimum atomic E-state index is -0.432. The Morgan fingerprint density at radius 3 is 2.40 bits per heavy atom. The van der Waals surface area contributed by atoms with E-state index in [1.54, 1.807) is 19.1 Å². The van der Waals surface area contributed by atoms with Crippen LogP contribution in [0.5, 0.6) is 0 Å². The van der Waals surface area contributed by atoms with Gasteiger partial charge in [0.15, 0.2) is 5.16 Å². The van der Waals surface area contributed by atoms with E-state index in [0.29, 0.717) is 10.8 Å². The van der Waals surface area contributed by atoms with E-state index in [-0.39, 0.29) is 24.8 Å². The first-order chi connectivity index (χ1) is 14.6. The number of thioether (sulfide) groups is 1. The number of nitrogens with one attached hydrogen (secondary N) is 1. The molecule has 0 bridgehead atoms. The minimum absolute atomic E-state index is 0.117. The standard InChI is InChI=1S/C23H25N3O3S/c1-3-29-22(28)15-26(19-12-8-5-9-13-19)21(27)16-30-23-24-17(2)20(25-23)14-18-10-6-4-7-11-18/h4-13H,3,14-16H2,1-2H3,(H,24,25). The van der Waals surface area contributed by atoms with Crippen molar-refractivity contribution < 1.29 is 14.3 Å². The molecule has 1 amide bonds. The quantitative estimate of drug-likeness (QED) is 0.416. The fourth-order valence-corrected chi connectivity index (χ4v) is 3.79. The maximum absolute atomic E-state index is 12.9. The summed E-state index contributed by atoms with van der Waals surface area (Å²) >= 11 is 1.33. The van der Waals surface area contributed by atoms with E-state index < -0.39 is 5.97 Å². The largest absolute Gasteiger partial charge is 0.465 e. The van der Waals surface area contributed by atoms with Crippen LogP contribution in [0.15, 0.2) is 65.8 Å². The van der Waals surface area contributed by atoms with E-state index in [0.717, 1.165) is 17.8 Å². The molecule has 0 spiro atoms. The Morgan fingerprint density at radius 1 is 1.07 bits per heavy atom. The summed E-state index contributed by atoms with van der Waals surface area (Å²) in [5, 5.41) is 0.691. The van der Waals surface area contributed by atoms with Gasteiger partial charge in [0.1, 0.15) is 6.54 Å². The summed E-state index contributed by atoms with van der Waals surface area (Å²) in [7, 11) is 0. The summed E-state index contributed by atoms with van der Waals surface area (Å²) in [6, 6.07) is 19.3. The van der Waals surface area contributed by atoms with Gasteiger partial charge < -0.3 is 14.6 Å². The van der Waals surface area contributed by atoms with Crippen LogP contribution in [0.3, 0.4) is 0 Å². The zero-order valence-corrected chi connectivity index (χ0v) is 17.9. The molecular formula is C23H25N3O3S. The lowest BCUT2D eigenvalue weighted by molar-refractivity contribution is -0.142. The van der Waals surface area contributed by atoms with E-state index in [1.807, 2.05) is 43.3 Å². The number of aryl methyl sites for hydroxylation is 1. The lowest BCUT2D eigenvalue weighted by Crippen LogP contribution is -2.37. The average molecular weight is 424 g/mol. The summed E-state index contributed by atoms with van der Waals surface area (Å²) in [5.41, 5.74) is 3.80. The van der Waals surface area contributed by atoms with E-state index >= 15 is 0 Å². The van der Waals surface area contributed by atoms with Gasteiger partial charge >= 0.3 is 5.97 Å². The zero-order valence-electron chi connectivity index (χ0n) is 17.1. The molecule has 0 saturated heterocycles. The molecule has 2 aromatic carbocycles. The number of H-pyrrole nitrogens is 1. The van der Waals surface area contributed by atoms with Gasteiger partial charge in [-0.05, 0) is 31.5 Å². The molecule has 156 valence electrons. The molecule has 0 radical (unpaired) electrons. The first kappa shape index (κ1) is 21.6. The number of aromatic amines is 1. The van der Waals surface area contributed by atoms with Gasteiger partial charge in [0, 0.05) is 17.8 Å². The number of carbonyl (C=O) groups excluding carboxylic acids is 2. The molecule has 7 heteroatoms. The number of para-hydroxylation sites is 1. The van der Waals surface area contributed by atoms with Crippen LogP contribution in [0.4, 0.5) is 5.69 Å². The van der Waals surface area contributed by atoms with Crippen molar-refractivity contribution in [2.45, 2.75) is 25.4 Å². The molecule has 0 aliphatic carbocycles. The highest BCUT2D eigenvalue weighted by Gasteiger charge is 2.20. The average Bonchev–Trinajstić information content (AvgIpc) is 3.11. The number of esters is 1. The molecule has 0 unspecified atom stereocenters. The summed E-state index contributed by atoms with van der Waals surface area (Å²) in [4.78, 5) is 34.2. The second-order valence-corrected chi connectivity index (χ2v) is 7.65. The van der Waals surface area contributed by atoms with Gasteiger partial charge in [-0.3, -0.25) is 9.59 Å². The molecule has 0 fully saturated rings. The summed E-state index contributed by atoms with van der Waals surface area (Å²) < 4.78 is 5.02. The molecule has 0 saturated carbocycles. The van der Waals surface area contributed by atoms with Gasteiger partial charge in [0.2, 0.25) is 5.91 Å². The van der Waals surface area contributed by atoms with Gasteiger partial charge in [-0.25, -0.2) is 4.98 Å². The first-order valence-electron chi connectivity index (χ1n) is 9.80. The number of imidazole rings is 1. The van der Waals surface area contributed by atoms with Crippen molar-refractivity contribution in [3.8, 4) is 0 Å². The highest BCUT2D eigenvalue weighted by Crippen LogP contribution is 2.21. The van der Waals surface area contributed by atoms with Gasteiger partial charge in [-0.1, -0.05) is 60.3 Å². The number of ether oxygens (including phenoxy) is 1. The Morgan fingerprint density at radius 2 is 1.73 bits per heavy atom. The van der Waals surface area contributed by atoms with Crippen molar-refractivity contribution in [3.63, 3.8) is 0 Å². The normalized spacial score (nSPS) is 10.6. The van der Waals surface area contributed by atoms with Crippen molar-refractivity contribution in [1.82, 2.24) is 9.97 Å². The summed E-state index contributed by atoms with van der Waals surface area (Å²) in [6.45, 7) is 3.89. The zero-order chi connectivity index (χ0) is 21.3. The van der Waals surface area contributed by atoms with Gasteiger partial charge in [-0.2, -0.15) is 0 Å². The number of anilines is 1. The van der Waals surface area contributed by atoms with Crippen molar-refractivity contribution in [2.75, 3.05) is 23.8 Å². The van der Waals surface area contributed by atoms with Crippen LogP contribution < -0.4 is 4.90 Å². The molecule has 6 nitrogen and oxygen atoms in total. The maximum Gasteiger partial charge on any atom is 0.326 e. The Bertz CT molecular complexity index is 974. The highest BCUT2D eigenvalue weighted by molar-refractivity contribution is 7.99. The Labute approximate surface area is 180 Å². The predicted molar refractivity (Wildman–Crippen MR) is 119 cm³/mol. The third-order valence-electron chi connectivity index (χ3n) is 4.47. The summed E-state index contributed by atoms with van der Waals surface area (Å²) in [5.74, 6) is -0.455. The summed E-state index contributed by atoms with van der Waals surface area (Å²) in [6.07, 6.45) is 0.733. The number of aromatic nitrogens is 2. The van der Waals surface area contributed by atoms with E-state index in [2.05, 4.69) is 22.1 Å². The third-order valence-corrected chi connectivity index (χ3v) is 5.33. The van der Waals surface area contributed by atoms with Crippen molar-refractivity contribution in [3.05, 3.63) is 77.6 Å². The molecule has 0 aliphatic rings. The molecular weight excluding hydrogens is 398 g/mol. The van der Waals surface area contributed by atoms with Crippen LogP contribution in [0.1, 0.15) is 23.9 Å². The number of hydrogen-bond donors (Lipinski definition) is 1. The van der Waals surface area contributed by atoms with Crippen molar-refractivity contribution in [2.24, 2.45) is 0 Å². The monoisotopic (exact) mass is 423 g/mol. The predicted octanol–water partition coefficient (Wildman–Crippen LogP) is 4.00. The van der Waals surface area contributed by atoms with Gasteiger partial charge in [0.25, 0.3) is 0 Å². The van der Waals surface area contributed by atoms with Crippen LogP contribution in [-0.2, 0) is 20.7 Å². The van der Waals surface area contributed by atoms with Crippen LogP contribution >= 0.6 is 11.8 Å². The number of amides is 1. The van der Waals surface area contributed by atoms with Crippen LogP contribution in [0.2, 0.25) is 0 Å². The lowest BCUT2D eigenvalue weighted by Gasteiger charge is -2.21. The first-order valence-corrected chi connectivity index (χ1v) is 10.8. The van der Waals surface area contributed by atoms with Crippen molar-refractivity contribution in [1.29, 1.82) is 0 Å². The van der Waals surface area contributed by atoms with Crippen LogP contribution in [0.25, 0.3) is 0 Å². The lowest BCUT2D eigenvalue weighted by atomic mass is 10.1. The number of nitrogens with zero attached hydrogens (tertiary/aromatic N) is 2. The number of hydrogen-bond acceptors (Lipinski definition) is 5. The second-order valence-electron chi connectivity index (χ2n) is 6.69. The number of rotatable bonds is 9. The Kier molecular flexibility index (Phi) is 7.68. The fourth-order valence-electron chi connectivity index (χ4n) is 2.97. The smallest absolute Gasteiger partial charge is 0.326 e. The second kappa shape index (κ2) is 10.6. The SMILES string of the molecule is CCOC(=O)CN(C(=O)CSc1nc(Cc2ccccc2)c(C)[nH]1)c1ccccc1. The number of benzene rings is 2. The molecule has 30 heavy (non-hydrogen) atoms. The minimum Gasteiger partial charge on any atom is -0.465 e. The fraction of sp³-hybridized carbons (Fsp3) is 0.261. The van der Waals surface area contributed by atoms with Gasteiger partial charge in [0.05, 0.1) is 18.1 Å². The van der Waals surface area contributed by atoms with Crippen molar-refractivity contribution >= 4 is 29.3 Å². The Hall–Kier alpha value is -3.06. The van der Waals surface area contributed by atoms with Crippen LogP contribution in [-0.4, -0.2) is 40.7 Å². The molecule has 3 rings (SSSR count). The molecule has 1 aromatic heterocycles. The van der Waals surface area contributed by atoms with E-state index in [9.17, 15) is 9.59 Å². The van der Waals surface area contributed by atoms with E-state index in [4.69, 9.17) is 4.74 Å². The molecule has 1 N–H and O–H groups in total. The third kappa shape index (κ3) is 5.97. The maximum atomic E-state index is 12.9. The van der Waals surface area contributed by atoms with Gasteiger partial charge in [-0.15, -0.1) is 0 Å². The molecule has 0 aliphatic heterocycles. The molecule has 3 aromatic rings. The highest BCUT2D eigenvalue weighted by atomic mass is 32.2. The molecule has 1 heterocycles. The molecule has 0 atom stereocenters. The number of carbonyl (C=O) groups is 2. The topological polar surface area (TPSA) is 75.3 Å². The Balaban J connectivity index is 1.66. The van der Waals surface area contributed by atoms with E-state index in [1.165, 1.54) is 22.2 Å². The van der Waals surface area contributed by atoms with Crippen LogP contribution in [0, 0.1) is 6.92 Å².